The summed E-state index contributed by atoms with van der Waals surface area (Å²) in [6, 6.07) is -5.49. The largest absolute Gasteiger partial charge is 0.391 e. The van der Waals surface area contributed by atoms with Gasteiger partial charge in [0, 0.05) is 75.4 Å². The number of likely N-dealkylation sites (tertiary alicyclic amines) is 1. The Balaban J connectivity index is 2.16. The monoisotopic (exact) mass is 1280 g/mol. The average Bonchev–Trinajstić information content (AvgIpc) is 1.07. The molecule has 2 heterocycles. The first-order valence-corrected chi connectivity index (χ1v) is 31.6. The van der Waals surface area contributed by atoms with Crippen LogP contribution >= 0.6 is 0 Å². The van der Waals surface area contributed by atoms with Gasteiger partial charge in [-0.1, -0.05) is 71.9 Å². The van der Waals surface area contributed by atoms with Gasteiger partial charge in [0.15, 0.2) is 11.8 Å². The molecule has 0 radical (unpaired) electrons. The standard InChI is InChI=1S/C64H105N13O14/c1-36(2)33-47-60(87)76(20)53(38(5)6)57(84)66-50(37(3)4)61(88)69(13)32-29-49(80)71(15)41(9)54(81)67-51(44(12)78)62(89)73(17)42(10)55(82)68-52(64(91)77-30-25-22-26-31-77)63(90)74(18)43(11)59(86)72(16)40(8)48(79)35-70(14)46(34-45-27-23-21-24-28-45)56(83)65-39(7)58(85)75(47)19/h21,23-24,27-28,36-44,46-47,50-53,78H,22,25-26,29-35H2,1-20H3,(H,65,83)(H,66,84)(H,67,81)(H,68,82)/t39-,40-,41-,42-,43-,44+,46-,47-,50-,51-,52-,53-/m0/s1. The van der Waals surface area contributed by atoms with Crippen molar-refractivity contribution in [2.45, 2.75) is 194 Å². The summed E-state index contributed by atoms with van der Waals surface area (Å²) < 4.78 is 0. The molecule has 2 aliphatic heterocycles. The summed E-state index contributed by atoms with van der Waals surface area (Å²) in [7, 11) is 11.1. The van der Waals surface area contributed by atoms with Crippen LogP contribution in [0.4, 0.5) is 0 Å². The number of nitrogens with zero attached hydrogens (tertiary/aromatic N) is 9. The fraction of sp³-hybridized carbons (Fsp3) is 0.703. The number of benzene rings is 1. The molecule has 510 valence electrons. The molecule has 91 heavy (non-hydrogen) atoms. The molecule has 1 aromatic rings. The zero-order valence-electron chi connectivity index (χ0n) is 57.4. The molecule has 1 aromatic carbocycles. The Morgan fingerprint density at radius 3 is 1.57 bits per heavy atom. The van der Waals surface area contributed by atoms with Crippen molar-refractivity contribution in [3.05, 3.63) is 35.9 Å². The molecule has 2 aliphatic rings. The van der Waals surface area contributed by atoms with Gasteiger partial charge in [-0.25, -0.2) is 0 Å². The third-order valence-corrected chi connectivity index (χ3v) is 17.8. The minimum atomic E-state index is -1.90. The van der Waals surface area contributed by atoms with Crippen LogP contribution in [0, 0.1) is 17.8 Å². The van der Waals surface area contributed by atoms with Gasteiger partial charge in [-0.3, -0.25) is 67.2 Å². The number of hydrogen-bond acceptors (Lipinski definition) is 15. The number of Topliss-reactive ketones (excluding diaryl/α,β-unsaturated/α-hetero) is 1. The number of piperidine rings is 1. The molecule has 0 saturated carbocycles. The highest BCUT2D eigenvalue weighted by molar-refractivity contribution is 6.09. The van der Waals surface area contributed by atoms with Crippen molar-refractivity contribution in [3.8, 4) is 0 Å². The van der Waals surface area contributed by atoms with E-state index in [1.165, 1.54) is 115 Å². The van der Waals surface area contributed by atoms with Gasteiger partial charge in [-0.2, -0.15) is 0 Å². The van der Waals surface area contributed by atoms with E-state index in [4.69, 9.17) is 0 Å². The fourth-order valence-electron chi connectivity index (χ4n) is 11.0. The second-order valence-electron chi connectivity index (χ2n) is 25.9. The predicted molar refractivity (Wildman–Crippen MR) is 341 cm³/mol. The lowest BCUT2D eigenvalue weighted by molar-refractivity contribution is -0.152. The van der Waals surface area contributed by atoms with Gasteiger partial charge in [0.1, 0.15) is 48.3 Å². The summed E-state index contributed by atoms with van der Waals surface area (Å²) in [6.07, 6.45) is 0.442. The number of nitrogens with one attached hydrogen (secondary N) is 4. The summed E-state index contributed by atoms with van der Waals surface area (Å²) in [5, 5.41) is 21.5. The minimum Gasteiger partial charge on any atom is -0.391 e. The van der Waals surface area contributed by atoms with E-state index >= 15 is 0 Å². The van der Waals surface area contributed by atoms with E-state index in [1.807, 2.05) is 13.8 Å². The second kappa shape index (κ2) is 34.8. The van der Waals surface area contributed by atoms with Crippen LogP contribution in [0.25, 0.3) is 0 Å². The molecular formula is C64H105N13O14. The van der Waals surface area contributed by atoms with Crippen molar-refractivity contribution in [1.29, 1.82) is 0 Å². The Bertz CT molecular complexity index is 2760. The van der Waals surface area contributed by atoms with Gasteiger partial charge in [0.05, 0.1) is 24.7 Å². The molecule has 5 N–H and O–H groups in total. The van der Waals surface area contributed by atoms with Gasteiger partial charge in [0.25, 0.3) is 11.8 Å². The number of likely N-dealkylation sites (N-methyl/N-ethyl adjacent to an activating group) is 8. The first-order valence-electron chi connectivity index (χ1n) is 31.6. The van der Waals surface area contributed by atoms with Crippen LogP contribution in [-0.4, -0.2) is 281 Å². The Hall–Kier alpha value is -7.55. The normalized spacial score (nSPS) is 27.9. The van der Waals surface area contributed by atoms with Crippen LogP contribution in [0.5, 0.6) is 0 Å². The maximum absolute atomic E-state index is 14.8. The second-order valence-corrected chi connectivity index (χ2v) is 25.9. The third-order valence-electron chi connectivity index (χ3n) is 17.8. The number of carbonyl (C=O) groups is 13. The maximum atomic E-state index is 14.8. The summed E-state index contributed by atoms with van der Waals surface area (Å²) >= 11 is 0. The molecule has 0 bridgehead atoms. The molecule has 2 fully saturated rings. The molecule has 12 atom stereocenters. The Labute approximate surface area is 538 Å². The Kier molecular flexibility index (Phi) is 29.7. The lowest BCUT2D eigenvalue weighted by atomic mass is 9.96. The van der Waals surface area contributed by atoms with E-state index in [0.717, 1.165) is 31.6 Å². The number of carbonyl (C=O) groups excluding carboxylic acids is 13. The topological polar surface area (TPSA) is 319 Å². The van der Waals surface area contributed by atoms with Gasteiger partial charge >= 0.3 is 0 Å². The summed E-state index contributed by atoms with van der Waals surface area (Å²) in [4.78, 5) is 197. The van der Waals surface area contributed by atoms with Gasteiger partial charge < -0.3 is 65.6 Å². The number of amides is 12. The first kappa shape index (κ1) is 77.7. The molecule has 27 heteroatoms. The van der Waals surface area contributed by atoms with Crippen LogP contribution in [0.3, 0.4) is 0 Å². The minimum absolute atomic E-state index is 0.0776. The molecule has 27 nitrogen and oxygen atoms in total. The molecule has 2 saturated heterocycles. The summed E-state index contributed by atoms with van der Waals surface area (Å²) in [6.45, 7) is 18.9. The van der Waals surface area contributed by atoms with Crippen LogP contribution < -0.4 is 21.3 Å². The smallest absolute Gasteiger partial charge is 0.255 e. The zero-order valence-corrected chi connectivity index (χ0v) is 57.4. The van der Waals surface area contributed by atoms with Gasteiger partial charge in [0.2, 0.25) is 59.1 Å². The summed E-state index contributed by atoms with van der Waals surface area (Å²) in [5.74, 6) is -10.6. The number of hydrogen-bond donors (Lipinski definition) is 5. The number of aliphatic hydroxyl groups is 1. The number of ketones is 1. The van der Waals surface area contributed by atoms with Crippen molar-refractivity contribution in [1.82, 2.24) is 65.4 Å². The quantitative estimate of drug-likeness (QED) is 0.209. The van der Waals surface area contributed by atoms with Crippen molar-refractivity contribution in [3.63, 3.8) is 0 Å². The number of rotatable bonds is 8. The molecule has 12 amide bonds. The molecule has 0 aromatic heterocycles. The first-order chi connectivity index (χ1) is 42.3. The van der Waals surface area contributed by atoms with Gasteiger partial charge in [-0.15, -0.1) is 0 Å². The van der Waals surface area contributed by atoms with Gasteiger partial charge in [-0.05, 0) is 104 Å². The van der Waals surface area contributed by atoms with E-state index < -0.39 is 161 Å². The Morgan fingerprint density at radius 2 is 1.03 bits per heavy atom. The predicted octanol–water partition coefficient (Wildman–Crippen LogP) is -0.287. The van der Waals surface area contributed by atoms with Crippen LogP contribution in [0.2, 0.25) is 0 Å². The van der Waals surface area contributed by atoms with Crippen molar-refractivity contribution in [2.75, 3.05) is 82.6 Å². The van der Waals surface area contributed by atoms with Crippen LogP contribution in [0.15, 0.2) is 30.3 Å². The summed E-state index contributed by atoms with van der Waals surface area (Å²) in [5.41, 5.74) is 0.721. The van der Waals surface area contributed by atoms with E-state index in [1.54, 1.807) is 65.1 Å². The highest BCUT2D eigenvalue weighted by Gasteiger charge is 2.44. The number of aliphatic hydroxyl groups excluding tert-OH is 1. The van der Waals surface area contributed by atoms with Crippen molar-refractivity contribution < 1.29 is 67.4 Å². The van der Waals surface area contributed by atoms with Crippen LogP contribution in [0.1, 0.15) is 121 Å². The van der Waals surface area contributed by atoms with Crippen molar-refractivity contribution in [2.24, 2.45) is 17.8 Å². The fourth-order valence-corrected chi connectivity index (χ4v) is 11.0. The SMILES string of the molecule is CC(C)C[C@H]1C(=O)N(C)[C@@H](C(C)C)C(=O)N[C@@H](C(C)C)C(=O)N(C)CCC(=O)N(C)[C@@H](C)C(=O)N[C@@H]([C@@H](C)O)C(=O)N(C)[C@@H](C)C(=O)N[C@H](C(=O)N2CCCCC2)C(=O)N(C)[C@@H](C)C(=O)N(C)[C@@H](C)C(=O)CN(C)[C@@H](Cc2ccccc2)C(=O)N[C@@H](C)C(=O)N1C. The molecule has 3 rings (SSSR count). The van der Waals surface area contributed by atoms with E-state index in [2.05, 4.69) is 21.3 Å². The maximum Gasteiger partial charge on any atom is 0.255 e. The molecule has 0 aliphatic carbocycles. The highest BCUT2D eigenvalue weighted by Crippen LogP contribution is 2.22. The van der Waals surface area contributed by atoms with E-state index in [-0.39, 0.29) is 51.4 Å². The molecule has 0 unspecified atom stereocenters. The van der Waals surface area contributed by atoms with E-state index in [0.29, 0.717) is 12.8 Å². The molecular weight excluding hydrogens is 1170 g/mol. The van der Waals surface area contributed by atoms with Crippen LogP contribution in [-0.2, 0) is 68.7 Å². The lowest BCUT2D eigenvalue weighted by Gasteiger charge is -2.38. The lowest BCUT2D eigenvalue weighted by Crippen LogP contribution is -2.63. The molecule has 0 spiro atoms. The van der Waals surface area contributed by atoms with E-state index in [9.17, 15) is 67.4 Å². The highest BCUT2D eigenvalue weighted by atomic mass is 16.3. The Morgan fingerprint density at radius 1 is 0.505 bits per heavy atom. The van der Waals surface area contributed by atoms with Crippen molar-refractivity contribution >= 4 is 76.7 Å². The average molecular weight is 1280 g/mol. The zero-order chi connectivity index (χ0) is 69.4. The third kappa shape index (κ3) is 20.5.